The smallest absolute Gasteiger partial charge is 0.224 e. The number of anilines is 1. The number of para-hydroxylation sites is 1. The maximum atomic E-state index is 12.9. The Balaban J connectivity index is 1.41. The summed E-state index contributed by atoms with van der Waals surface area (Å²) in [5.41, 5.74) is 5.09. The van der Waals surface area contributed by atoms with E-state index in [1.165, 1.54) is 16.8 Å². The van der Waals surface area contributed by atoms with Gasteiger partial charge < -0.3 is 19.3 Å². The molecular weight excluding hydrogens is 352 g/mol. The van der Waals surface area contributed by atoms with Gasteiger partial charge in [0.2, 0.25) is 5.91 Å². The van der Waals surface area contributed by atoms with Crippen LogP contribution in [-0.4, -0.2) is 44.7 Å². The second-order valence-corrected chi connectivity index (χ2v) is 7.51. The number of methoxy groups -OCH3 is 2. The molecule has 0 aromatic heterocycles. The van der Waals surface area contributed by atoms with E-state index in [1.54, 1.807) is 14.2 Å². The number of hydrogen-bond donors (Lipinski definition) is 0. The molecular formula is C23H28N2O3. The van der Waals surface area contributed by atoms with Crippen LogP contribution in [0.25, 0.3) is 0 Å². The zero-order chi connectivity index (χ0) is 19.5. The first-order valence-corrected chi connectivity index (χ1v) is 10.0. The molecule has 1 amide bonds. The van der Waals surface area contributed by atoms with Gasteiger partial charge in [0.1, 0.15) is 0 Å². The highest BCUT2D eigenvalue weighted by atomic mass is 16.5. The van der Waals surface area contributed by atoms with Crippen molar-refractivity contribution in [2.24, 2.45) is 0 Å². The minimum atomic E-state index is 0.225. The summed E-state index contributed by atoms with van der Waals surface area (Å²) in [7, 11) is 3.30. The third kappa shape index (κ3) is 3.66. The van der Waals surface area contributed by atoms with Crippen molar-refractivity contribution < 1.29 is 14.3 Å². The van der Waals surface area contributed by atoms with Crippen LogP contribution in [0.15, 0.2) is 36.4 Å². The van der Waals surface area contributed by atoms with Crippen LogP contribution in [0.4, 0.5) is 5.69 Å². The van der Waals surface area contributed by atoms with Crippen molar-refractivity contribution >= 4 is 11.6 Å². The highest BCUT2D eigenvalue weighted by Crippen LogP contribution is 2.33. The highest BCUT2D eigenvalue weighted by Gasteiger charge is 2.24. The summed E-state index contributed by atoms with van der Waals surface area (Å²) >= 11 is 0. The number of ether oxygens (including phenoxy) is 2. The first kappa shape index (κ1) is 18.7. The minimum Gasteiger partial charge on any atom is -0.493 e. The lowest BCUT2D eigenvalue weighted by Gasteiger charge is -2.33. The van der Waals surface area contributed by atoms with E-state index in [9.17, 15) is 4.79 Å². The first-order valence-electron chi connectivity index (χ1n) is 10.0. The molecule has 0 saturated carbocycles. The van der Waals surface area contributed by atoms with Crippen LogP contribution in [0.1, 0.15) is 29.5 Å². The fraction of sp³-hybridized carbons (Fsp3) is 0.435. The lowest BCUT2D eigenvalue weighted by molar-refractivity contribution is -0.131. The summed E-state index contributed by atoms with van der Waals surface area (Å²) in [5, 5.41) is 0. The topological polar surface area (TPSA) is 42.0 Å². The van der Waals surface area contributed by atoms with Gasteiger partial charge >= 0.3 is 0 Å². The predicted molar refractivity (Wildman–Crippen MR) is 110 cm³/mol. The Labute approximate surface area is 166 Å². The molecule has 0 bridgehead atoms. The number of nitrogens with zero attached hydrogens (tertiary/aromatic N) is 2. The van der Waals surface area contributed by atoms with E-state index in [4.69, 9.17) is 9.47 Å². The van der Waals surface area contributed by atoms with Crippen LogP contribution in [0.5, 0.6) is 11.5 Å². The van der Waals surface area contributed by atoms with Crippen molar-refractivity contribution in [3.63, 3.8) is 0 Å². The van der Waals surface area contributed by atoms with Gasteiger partial charge in [0.25, 0.3) is 0 Å². The molecule has 0 atom stereocenters. The third-order valence-electron chi connectivity index (χ3n) is 5.87. The second kappa shape index (κ2) is 8.13. The molecule has 5 nitrogen and oxygen atoms in total. The molecule has 0 radical (unpaired) electrons. The largest absolute Gasteiger partial charge is 0.493 e. The second-order valence-electron chi connectivity index (χ2n) is 7.51. The fourth-order valence-corrected chi connectivity index (χ4v) is 4.33. The van der Waals surface area contributed by atoms with Gasteiger partial charge in [-0.2, -0.15) is 0 Å². The van der Waals surface area contributed by atoms with Crippen molar-refractivity contribution in [3.8, 4) is 11.5 Å². The highest BCUT2D eigenvalue weighted by molar-refractivity contribution is 5.77. The van der Waals surface area contributed by atoms with E-state index in [2.05, 4.69) is 29.2 Å². The SMILES string of the molecule is COc1cc2c(cc1OC)CN(C(=O)CCN1CCCc3ccccc31)CC2. The molecule has 148 valence electrons. The number of hydrogen-bond acceptors (Lipinski definition) is 4. The van der Waals surface area contributed by atoms with E-state index < -0.39 is 0 Å². The van der Waals surface area contributed by atoms with Gasteiger partial charge in [-0.3, -0.25) is 4.79 Å². The molecule has 2 heterocycles. The summed E-state index contributed by atoms with van der Waals surface area (Å²) < 4.78 is 10.8. The van der Waals surface area contributed by atoms with Gasteiger partial charge in [-0.15, -0.1) is 0 Å². The summed E-state index contributed by atoms with van der Waals surface area (Å²) in [6, 6.07) is 12.6. The monoisotopic (exact) mass is 380 g/mol. The Morgan fingerprint density at radius 1 is 0.964 bits per heavy atom. The summed E-state index contributed by atoms with van der Waals surface area (Å²) in [6.07, 6.45) is 3.70. The van der Waals surface area contributed by atoms with E-state index in [0.29, 0.717) is 13.0 Å². The number of carbonyl (C=O) groups excluding carboxylic acids is 1. The van der Waals surface area contributed by atoms with Gasteiger partial charge in [0.05, 0.1) is 14.2 Å². The van der Waals surface area contributed by atoms with Crippen LogP contribution < -0.4 is 14.4 Å². The van der Waals surface area contributed by atoms with Gasteiger partial charge in [-0.05, 0) is 54.2 Å². The number of aryl methyl sites for hydroxylation is 1. The van der Waals surface area contributed by atoms with Crippen LogP contribution in [0, 0.1) is 0 Å². The normalized spacial score (nSPS) is 15.6. The molecule has 2 aromatic carbocycles. The molecule has 2 aromatic rings. The molecule has 0 aliphatic carbocycles. The van der Waals surface area contributed by atoms with Gasteiger partial charge in [0, 0.05) is 38.3 Å². The summed E-state index contributed by atoms with van der Waals surface area (Å²) in [5.74, 6) is 1.70. The molecule has 4 rings (SSSR count). The molecule has 0 N–H and O–H groups in total. The quantitative estimate of drug-likeness (QED) is 0.797. The Morgan fingerprint density at radius 2 is 1.71 bits per heavy atom. The standard InChI is InChI=1S/C23H28N2O3/c1-27-21-14-18-9-12-25(16-19(18)15-22(21)28-2)23(26)10-13-24-11-5-7-17-6-3-4-8-20(17)24/h3-4,6,8,14-15H,5,7,9-13,16H2,1-2H3. The lowest BCUT2D eigenvalue weighted by atomic mass is 9.98. The summed E-state index contributed by atoms with van der Waals surface area (Å²) in [4.78, 5) is 17.2. The van der Waals surface area contributed by atoms with E-state index >= 15 is 0 Å². The number of amides is 1. The summed E-state index contributed by atoms with van der Waals surface area (Å²) in [6.45, 7) is 3.22. The zero-order valence-corrected chi connectivity index (χ0v) is 16.7. The van der Waals surface area contributed by atoms with Crippen LogP contribution in [0.2, 0.25) is 0 Å². The van der Waals surface area contributed by atoms with Crippen molar-refractivity contribution in [1.29, 1.82) is 0 Å². The zero-order valence-electron chi connectivity index (χ0n) is 16.7. The Morgan fingerprint density at radius 3 is 2.50 bits per heavy atom. The molecule has 5 heteroatoms. The van der Waals surface area contributed by atoms with Crippen molar-refractivity contribution in [2.75, 3.05) is 38.8 Å². The number of rotatable bonds is 5. The Kier molecular flexibility index (Phi) is 5.42. The van der Waals surface area contributed by atoms with E-state index in [-0.39, 0.29) is 5.91 Å². The Hall–Kier alpha value is -2.69. The average Bonchev–Trinajstić information content (AvgIpc) is 2.75. The van der Waals surface area contributed by atoms with E-state index in [0.717, 1.165) is 56.0 Å². The molecule has 2 aliphatic rings. The molecule has 0 spiro atoms. The van der Waals surface area contributed by atoms with Crippen LogP contribution in [-0.2, 0) is 24.2 Å². The van der Waals surface area contributed by atoms with Crippen LogP contribution in [0.3, 0.4) is 0 Å². The van der Waals surface area contributed by atoms with E-state index in [1.807, 2.05) is 17.0 Å². The lowest BCUT2D eigenvalue weighted by Crippen LogP contribution is -2.39. The average molecular weight is 380 g/mol. The minimum absolute atomic E-state index is 0.225. The van der Waals surface area contributed by atoms with Crippen molar-refractivity contribution in [3.05, 3.63) is 53.1 Å². The van der Waals surface area contributed by atoms with Gasteiger partial charge in [-0.25, -0.2) is 0 Å². The van der Waals surface area contributed by atoms with Gasteiger partial charge in [0.15, 0.2) is 11.5 Å². The number of benzene rings is 2. The fourth-order valence-electron chi connectivity index (χ4n) is 4.33. The van der Waals surface area contributed by atoms with Crippen molar-refractivity contribution in [1.82, 2.24) is 4.90 Å². The molecule has 0 fully saturated rings. The molecule has 0 unspecified atom stereocenters. The van der Waals surface area contributed by atoms with Gasteiger partial charge in [-0.1, -0.05) is 18.2 Å². The number of carbonyl (C=O) groups is 1. The molecule has 0 saturated heterocycles. The van der Waals surface area contributed by atoms with Crippen molar-refractivity contribution in [2.45, 2.75) is 32.2 Å². The Bertz CT molecular complexity index is 865. The third-order valence-corrected chi connectivity index (χ3v) is 5.87. The molecule has 2 aliphatic heterocycles. The predicted octanol–water partition coefficient (Wildman–Crippen LogP) is 3.43. The maximum Gasteiger partial charge on any atom is 0.224 e. The number of fused-ring (bicyclic) bond motifs is 2. The first-order chi connectivity index (χ1) is 13.7. The molecule has 28 heavy (non-hydrogen) atoms. The maximum absolute atomic E-state index is 12.9. The van der Waals surface area contributed by atoms with Crippen LogP contribution >= 0.6 is 0 Å².